The van der Waals surface area contributed by atoms with Crippen LogP contribution in [0, 0.1) is 5.92 Å². The summed E-state index contributed by atoms with van der Waals surface area (Å²) >= 11 is 0. The van der Waals surface area contributed by atoms with Gasteiger partial charge in [0.25, 0.3) is 15.8 Å². The number of carbonyl (C=O) groups excluding carboxylic acids is 1. The van der Waals surface area contributed by atoms with E-state index >= 15 is 0 Å². The number of nitrogens with two attached hydrogens (primary N) is 1. The molecule has 0 saturated carbocycles. The van der Waals surface area contributed by atoms with Crippen LogP contribution in [0.4, 0.5) is 52.7 Å². The molecule has 3 unspecified atom stereocenters. The highest BCUT2D eigenvalue weighted by atomic mass is 32.2. The van der Waals surface area contributed by atoms with Crippen molar-refractivity contribution in [3.05, 3.63) is 0 Å². The van der Waals surface area contributed by atoms with Crippen LogP contribution in [0.15, 0.2) is 0 Å². The van der Waals surface area contributed by atoms with Crippen LogP contribution >= 0.6 is 0 Å². The molecule has 0 aliphatic carbocycles. The number of halogens is 12. The fourth-order valence-electron chi connectivity index (χ4n) is 3.07. The van der Waals surface area contributed by atoms with Crippen molar-refractivity contribution in [3.63, 3.8) is 0 Å². The standard InChI is InChI=1S/C15H20F12N2O4S/c1-29(2)8(3-10(28)30)9(34(31,32)33)6-11(16,17)4-7(13(19,20)21)5-12(18,14(22,23)24)15(25,26)27/h7-9H,3-6H2,1-2H3,(H2,28,30)(H,31,32,33). The Kier molecular flexibility index (Phi) is 9.79. The molecule has 0 aromatic rings. The van der Waals surface area contributed by atoms with Gasteiger partial charge in [-0.15, -0.1) is 0 Å². The molecule has 3 N–H and O–H groups in total. The summed E-state index contributed by atoms with van der Waals surface area (Å²) in [6.07, 6.45) is -29.8. The molecule has 3 atom stereocenters. The van der Waals surface area contributed by atoms with Crippen molar-refractivity contribution in [2.75, 3.05) is 14.1 Å². The van der Waals surface area contributed by atoms with E-state index in [1.807, 2.05) is 0 Å². The van der Waals surface area contributed by atoms with E-state index in [0.29, 0.717) is 0 Å². The van der Waals surface area contributed by atoms with Crippen LogP contribution in [0.3, 0.4) is 0 Å². The van der Waals surface area contributed by atoms with Gasteiger partial charge < -0.3 is 10.6 Å². The first-order valence-corrected chi connectivity index (χ1v) is 10.3. The third kappa shape index (κ3) is 8.62. The van der Waals surface area contributed by atoms with Gasteiger partial charge in [-0.05, 0) is 14.1 Å². The zero-order valence-electron chi connectivity index (χ0n) is 17.2. The molecule has 0 radical (unpaired) electrons. The molecule has 0 aromatic heterocycles. The van der Waals surface area contributed by atoms with Gasteiger partial charge in [0.1, 0.15) is 5.25 Å². The number of hydrogen-bond donors (Lipinski definition) is 2. The molecule has 0 spiro atoms. The lowest BCUT2D eigenvalue weighted by molar-refractivity contribution is -0.353. The molecule has 0 aliphatic heterocycles. The maximum absolute atomic E-state index is 14.4. The molecular formula is C15H20F12N2O4S. The molecule has 0 rings (SSSR count). The summed E-state index contributed by atoms with van der Waals surface area (Å²) in [4.78, 5) is 11.9. The molecule has 0 aliphatic rings. The highest BCUT2D eigenvalue weighted by Crippen LogP contribution is 2.53. The number of primary amides is 1. The summed E-state index contributed by atoms with van der Waals surface area (Å²) in [6.45, 7) is 0. The van der Waals surface area contributed by atoms with Crippen molar-refractivity contribution >= 4 is 16.0 Å². The third-order valence-corrected chi connectivity index (χ3v) is 6.07. The lowest BCUT2D eigenvalue weighted by Gasteiger charge is -2.36. The van der Waals surface area contributed by atoms with Crippen LogP contribution in [-0.2, 0) is 14.9 Å². The first kappa shape index (κ1) is 32.5. The Morgan fingerprint density at radius 3 is 1.53 bits per heavy atom. The fraction of sp³-hybridized carbons (Fsp3) is 0.933. The van der Waals surface area contributed by atoms with Crippen LogP contribution < -0.4 is 5.73 Å². The van der Waals surface area contributed by atoms with Gasteiger partial charge in [-0.3, -0.25) is 9.35 Å². The van der Waals surface area contributed by atoms with Crippen LogP contribution in [0.1, 0.15) is 25.7 Å². The second-order valence-corrected chi connectivity index (χ2v) is 9.39. The molecule has 6 nitrogen and oxygen atoms in total. The summed E-state index contributed by atoms with van der Waals surface area (Å²) in [7, 11) is -3.60. The summed E-state index contributed by atoms with van der Waals surface area (Å²) in [6, 6.07) is -1.88. The second kappa shape index (κ2) is 10.2. The maximum atomic E-state index is 14.4. The SMILES string of the molecule is CN(C)C(CC(N)=O)C(CC(F)(F)CC(CC(F)(C(F)(F)F)C(F)(F)F)C(F)(F)F)S(=O)(=O)O. The summed E-state index contributed by atoms with van der Waals surface area (Å²) in [5.74, 6) is -10.6. The molecule has 0 heterocycles. The lowest BCUT2D eigenvalue weighted by atomic mass is 9.85. The highest BCUT2D eigenvalue weighted by molar-refractivity contribution is 7.86. The van der Waals surface area contributed by atoms with Crippen LogP contribution in [0.25, 0.3) is 0 Å². The number of amides is 1. The largest absolute Gasteiger partial charge is 0.431 e. The minimum atomic E-state index is -6.96. The van der Waals surface area contributed by atoms with Crippen molar-refractivity contribution in [2.45, 2.75) is 67.1 Å². The van der Waals surface area contributed by atoms with E-state index in [1.54, 1.807) is 0 Å². The van der Waals surface area contributed by atoms with Crippen molar-refractivity contribution < 1.29 is 70.5 Å². The smallest absolute Gasteiger partial charge is 0.370 e. The van der Waals surface area contributed by atoms with Crippen LogP contribution in [-0.4, -0.2) is 79.3 Å². The summed E-state index contributed by atoms with van der Waals surface area (Å²) < 4.78 is 190. The molecular weight excluding hydrogens is 532 g/mol. The lowest BCUT2D eigenvalue weighted by Crippen LogP contribution is -2.56. The van der Waals surface area contributed by atoms with E-state index in [2.05, 4.69) is 0 Å². The third-order valence-electron chi connectivity index (χ3n) is 4.82. The van der Waals surface area contributed by atoms with Crippen LogP contribution in [0.5, 0.6) is 0 Å². The number of alkyl halides is 12. The van der Waals surface area contributed by atoms with Gasteiger partial charge in [-0.25, -0.2) is 13.2 Å². The zero-order valence-corrected chi connectivity index (χ0v) is 18.0. The van der Waals surface area contributed by atoms with E-state index in [0.717, 1.165) is 19.0 Å². The summed E-state index contributed by atoms with van der Waals surface area (Å²) in [5.41, 5.74) is -1.69. The Bertz CT molecular complexity index is 794. The number of carbonyl (C=O) groups is 1. The van der Waals surface area contributed by atoms with Crippen molar-refractivity contribution in [1.29, 1.82) is 0 Å². The minimum Gasteiger partial charge on any atom is -0.370 e. The van der Waals surface area contributed by atoms with Crippen molar-refractivity contribution in [1.82, 2.24) is 4.90 Å². The van der Waals surface area contributed by atoms with Gasteiger partial charge in [0.2, 0.25) is 11.8 Å². The molecule has 204 valence electrons. The Balaban J connectivity index is 6.31. The Hall–Kier alpha value is -1.50. The van der Waals surface area contributed by atoms with Gasteiger partial charge >= 0.3 is 18.5 Å². The number of rotatable bonds is 11. The summed E-state index contributed by atoms with van der Waals surface area (Å²) in [5, 5.41) is -2.75. The van der Waals surface area contributed by atoms with Crippen LogP contribution in [0.2, 0.25) is 0 Å². The second-order valence-electron chi connectivity index (χ2n) is 7.76. The van der Waals surface area contributed by atoms with E-state index in [9.17, 15) is 70.5 Å². The number of nitrogens with zero attached hydrogens (tertiary/aromatic N) is 1. The molecule has 19 heteroatoms. The Morgan fingerprint density at radius 1 is 0.853 bits per heavy atom. The predicted octanol–water partition coefficient (Wildman–Crippen LogP) is 3.87. The fourth-order valence-corrected chi connectivity index (χ4v) is 4.26. The number of hydrogen-bond acceptors (Lipinski definition) is 4. The van der Waals surface area contributed by atoms with Gasteiger partial charge in [-0.2, -0.15) is 47.9 Å². The van der Waals surface area contributed by atoms with E-state index in [1.165, 1.54) is 0 Å². The Labute approximate surface area is 185 Å². The first-order valence-electron chi connectivity index (χ1n) is 8.83. The minimum absolute atomic E-state index is 0.764. The topological polar surface area (TPSA) is 101 Å². The van der Waals surface area contributed by atoms with E-state index in [4.69, 9.17) is 5.73 Å². The molecule has 1 amide bonds. The highest BCUT2D eigenvalue weighted by Gasteiger charge is 2.74. The van der Waals surface area contributed by atoms with E-state index in [-0.39, 0.29) is 0 Å². The quantitative estimate of drug-likeness (QED) is 0.300. The Morgan fingerprint density at radius 2 is 1.26 bits per heavy atom. The van der Waals surface area contributed by atoms with Gasteiger partial charge in [0.05, 0.1) is 5.92 Å². The van der Waals surface area contributed by atoms with Crippen molar-refractivity contribution in [2.24, 2.45) is 11.7 Å². The molecule has 0 aromatic carbocycles. The molecule has 0 saturated heterocycles. The maximum Gasteiger partial charge on any atom is 0.431 e. The predicted molar refractivity (Wildman–Crippen MR) is 90.9 cm³/mol. The van der Waals surface area contributed by atoms with Gasteiger partial charge in [0, 0.05) is 31.7 Å². The molecule has 0 bridgehead atoms. The molecule has 0 fully saturated rings. The van der Waals surface area contributed by atoms with Gasteiger partial charge in [0.15, 0.2) is 0 Å². The average molecular weight is 552 g/mol. The van der Waals surface area contributed by atoms with E-state index < -0.39 is 89.0 Å². The zero-order chi connectivity index (χ0) is 27.7. The normalized spacial score (nSPS) is 17.5. The first-order chi connectivity index (χ1) is 14.7. The van der Waals surface area contributed by atoms with Gasteiger partial charge in [-0.1, -0.05) is 0 Å². The average Bonchev–Trinajstić information content (AvgIpc) is 2.52. The van der Waals surface area contributed by atoms with Crippen molar-refractivity contribution in [3.8, 4) is 0 Å². The monoisotopic (exact) mass is 552 g/mol. The molecule has 34 heavy (non-hydrogen) atoms.